The van der Waals surface area contributed by atoms with Gasteiger partial charge in [0.1, 0.15) is 12.4 Å². The molecule has 3 aromatic rings. The lowest BCUT2D eigenvalue weighted by Crippen LogP contribution is -2.44. The van der Waals surface area contributed by atoms with E-state index in [-0.39, 0.29) is 42.1 Å². The molecular formula is C25H24FN3O4. The maximum absolute atomic E-state index is 14.8. The van der Waals surface area contributed by atoms with E-state index in [1.807, 2.05) is 6.92 Å². The first-order valence-electron chi connectivity index (χ1n) is 11.2. The molecule has 4 heterocycles. The molecule has 2 aliphatic heterocycles. The van der Waals surface area contributed by atoms with E-state index in [2.05, 4.69) is 0 Å². The van der Waals surface area contributed by atoms with Gasteiger partial charge < -0.3 is 20.1 Å². The summed E-state index contributed by atoms with van der Waals surface area (Å²) >= 11 is 0. The highest BCUT2D eigenvalue weighted by molar-refractivity contribution is 5.93. The van der Waals surface area contributed by atoms with Gasteiger partial charge >= 0.3 is 5.97 Å². The average Bonchev–Trinajstić information content (AvgIpc) is 3.14. The lowest BCUT2D eigenvalue weighted by molar-refractivity contribution is -0.172. The molecule has 3 aliphatic rings. The largest absolute Gasteiger partial charge is 0.458 e. The summed E-state index contributed by atoms with van der Waals surface area (Å²) < 4.78 is 21.5. The third-order valence-electron chi connectivity index (χ3n) is 7.77. The number of aryl methyl sites for hydroxylation is 1. The zero-order valence-electron chi connectivity index (χ0n) is 18.7. The second-order valence-electron chi connectivity index (χ2n) is 9.69. The summed E-state index contributed by atoms with van der Waals surface area (Å²) in [5, 5.41) is 11.9. The first kappa shape index (κ1) is 20.5. The standard InChI is InChI=1S/C25H24FN3O4/c1-4-25(32)15-7-18-21-13(9-29(18)22(30)14(15)10-33-23(25)31)20-19-12(5-6-24(20,3)27)11(2)16(26)8-17(19)28-21/h7-8,32H,4-6,9-10,27H2,1-3H3/t24-,25-/m0/s1. The molecule has 0 saturated heterocycles. The van der Waals surface area contributed by atoms with Gasteiger partial charge in [-0.1, -0.05) is 6.92 Å². The Bertz CT molecular complexity index is 1490. The van der Waals surface area contributed by atoms with Crippen LogP contribution in [0.2, 0.25) is 0 Å². The molecule has 0 unspecified atom stereocenters. The summed E-state index contributed by atoms with van der Waals surface area (Å²) in [4.78, 5) is 30.7. The molecule has 2 aromatic heterocycles. The second-order valence-corrected chi connectivity index (χ2v) is 9.69. The van der Waals surface area contributed by atoms with Crippen molar-refractivity contribution in [1.82, 2.24) is 9.55 Å². The van der Waals surface area contributed by atoms with Crippen LogP contribution in [0.25, 0.3) is 22.3 Å². The number of rotatable bonds is 1. The topological polar surface area (TPSA) is 107 Å². The van der Waals surface area contributed by atoms with Gasteiger partial charge in [0.05, 0.1) is 29.0 Å². The van der Waals surface area contributed by atoms with E-state index in [0.717, 1.165) is 22.1 Å². The van der Waals surface area contributed by atoms with Crippen LogP contribution < -0.4 is 11.3 Å². The molecule has 33 heavy (non-hydrogen) atoms. The number of aromatic nitrogens is 2. The smallest absolute Gasteiger partial charge is 0.343 e. The number of pyridine rings is 2. The van der Waals surface area contributed by atoms with Crippen LogP contribution >= 0.6 is 0 Å². The Morgan fingerprint density at radius 2 is 2.03 bits per heavy atom. The Morgan fingerprint density at radius 3 is 2.76 bits per heavy atom. The molecule has 0 spiro atoms. The number of halogens is 1. The number of carbonyl (C=O) groups excluding carboxylic acids is 1. The van der Waals surface area contributed by atoms with Crippen LogP contribution in [0.3, 0.4) is 0 Å². The zero-order chi connectivity index (χ0) is 23.4. The number of fused-ring (bicyclic) bond motifs is 5. The fourth-order valence-corrected chi connectivity index (χ4v) is 5.84. The summed E-state index contributed by atoms with van der Waals surface area (Å²) in [5.41, 5.74) is 9.21. The van der Waals surface area contributed by atoms with E-state index < -0.39 is 17.1 Å². The number of cyclic esters (lactones) is 1. The number of hydrogen-bond donors (Lipinski definition) is 2. The number of nitrogens with two attached hydrogens (primary N) is 1. The van der Waals surface area contributed by atoms with E-state index in [4.69, 9.17) is 15.5 Å². The third-order valence-corrected chi connectivity index (χ3v) is 7.77. The molecule has 0 saturated carbocycles. The van der Waals surface area contributed by atoms with Crippen LogP contribution in [-0.4, -0.2) is 20.6 Å². The van der Waals surface area contributed by atoms with E-state index in [0.29, 0.717) is 35.3 Å². The molecule has 6 rings (SSSR count). The number of aliphatic hydroxyl groups is 1. The lowest BCUT2D eigenvalue weighted by atomic mass is 9.75. The average molecular weight is 449 g/mol. The van der Waals surface area contributed by atoms with Crippen molar-refractivity contribution in [2.75, 3.05) is 0 Å². The van der Waals surface area contributed by atoms with Gasteiger partial charge in [0.25, 0.3) is 5.56 Å². The maximum Gasteiger partial charge on any atom is 0.343 e. The van der Waals surface area contributed by atoms with Crippen molar-refractivity contribution in [1.29, 1.82) is 0 Å². The van der Waals surface area contributed by atoms with Gasteiger partial charge in [-0.15, -0.1) is 0 Å². The Hall–Kier alpha value is -3.10. The van der Waals surface area contributed by atoms with E-state index >= 15 is 0 Å². The van der Waals surface area contributed by atoms with Gasteiger partial charge in [-0.3, -0.25) is 4.79 Å². The van der Waals surface area contributed by atoms with Gasteiger partial charge in [0.15, 0.2) is 5.60 Å². The van der Waals surface area contributed by atoms with E-state index in [1.54, 1.807) is 24.5 Å². The molecule has 1 aromatic carbocycles. The molecule has 0 amide bonds. The number of esters is 1. The molecule has 0 bridgehead atoms. The van der Waals surface area contributed by atoms with E-state index in [1.165, 1.54) is 6.07 Å². The summed E-state index contributed by atoms with van der Waals surface area (Å²) in [7, 11) is 0. The molecule has 0 fully saturated rings. The molecule has 3 N–H and O–H groups in total. The van der Waals surface area contributed by atoms with Gasteiger partial charge in [-0.2, -0.15) is 0 Å². The molecule has 8 heteroatoms. The minimum absolute atomic E-state index is 0.0691. The van der Waals surface area contributed by atoms with Gasteiger partial charge in [-0.25, -0.2) is 14.2 Å². The van der Waals surface area contributed by atoms with Gasteiger partial charge in [-0.05, 0) is 55.9 Å². The first-order chi connectivity index (χ1) is 15.6. The highest BCUT2D eigenvalue weighted by Gasteiger charge is 2.46. The number of benzene rings is 1. The molecule has 2 atom stereocenters. The predicted molar refractivity (Wildman–Crippen MR) is 119 cm³/mol. The van der Waals surface area contributed by atoms with Crippen LogP contribution in [0.15, 0.2) is 16.9 Å². The minimum atomic E-state index is -1.89. The van der Waals surface area contributed by atoms with Crippen molar-refractivity contribution in [3.8, 4) is 11.4 Å². The number of nitrogens with zero attached hydrogens (tertiary/aromatic N) is 2. The summed E-state index contributed by atoms with van der Waals surface area (Å²) in [6.07, 6.45) is 1.37. The van der Waals surface area contributed by atoms with Crippen molar-refractivity contribution in [3.63, 3.8) is 0 Å². The molecule has 7 nitrogen and oxygen atoms in total. The van der Waals surface area contributed by atoms with Crippen LogP contribution in [0.4, 0.5) is 4.39 Å². The normalized spacial score (nSPS) is 25.0. The third kappa shape index (κ3) is 2.42. The zero-order valence-corrected chi connectivity index (χ0v) is 18.7. The first-order valence-corrected chi connectivity index (χ1v) is 11.2. The summed E-state index contributed by atoms with van der Waals surface area (Å²) in [6.45, 7) is 5.49. The highest BCUT2D eigenvalue weighted by atomic mass is 19.1. The van der Waals surface area contributed by atoms with Crippen molar-refractivity contribution in [2.24, 2.45) is 5.73 Å². The molecule has 0 radical (unpaired) electrons. The lowest BCUT2D eigenvalue weighted by Gasteiger charge is -2.34. The minimum Gasteiger partial charge on any atom is -0.458 e. The van der Waals surface area contributed by atoms with Crippen LogP contribution in [-0.2, 0) is 40.2 Å². The predicted octanol–water partition coefficient (Wildman–Crippen LogP) is 2.65. The van der Waals surface area contributed by atoms with Gasteiger partial charge in [0, 0.05) is 28.1 Å². The van der Waals surface area contributed by atoms with Crippen LogP contribution in [0, 0.1) is 12.7 Å². The second kappa shape index (κ2) is 6.27. The summed E-state index contributed by atoms with van der Waals surface area (Å²) in [5.74, 6) is -1.08. The van der Waals surface area contributed by atoms with Crippen molar-refractivity contribution in [2.45, 2.75) is 64.3 Å². The van der Waals surface area contributed by atoms with Crippen molar-refractivity contribution in [3.05, 3.63) is 61.7 Å². The van der Waals surface area contributed by atoms with Crippen LogP contribution in [0.1, 0.15) is 60.1 Å². The van der Waals surface area contributed by atoms with Crippen molar-refractivity contribution < 1.29 is 19.0 Å². The molecular weight excluding hydrogens is 425 g/mol. The fourth-order valence-electron chi connectivity index (χ4n) is 5.84. The Labute approximate surface area is 189 Å². The maximum atomic E-state index is 14.8. The van der Waals surface area contributed by atoms with E-state index in [9.17, 15) is 19.1 Å². The summed E-state index contributed by atoms with van der Waals surface area (Å²) in [6, 6.07) is 3.10. The van der Waals surface area contributed by atoms with Crippen molar-refractivity contribution >= 4 is 16.9 Å². The molecule has 1 aliphatic carbocycles. The molecule has 170 valence electrons. The quantitative estimate of drug-likeness (QED) is 0.433. The monoisotopic (exact) mass is 449 g/mol. The Kier molecular flexibility index (Phi) is 3.90. The Morgan fingerprint density at radius 1 is 1.27 bits per heavy atom. The Balaban J connectivity index is 1.72. The number of hydrogen-bond acceptors (Lipinski definition) is 6. The fraction of sp³-hybridized carbons (Fsp3) is 0.400. The highest BCUT2D eigenvalue weighted by Crippen LogP contribution is 2.46. The SMILES string of the molecule is CC[C@@]1(O)C(=O)OCc2c1cc1n(c2=O)Cc2c-1nc1cc(F)c(C)c3c1c2[C@@](C)(N)CC3. The van der Waals surface area contributed by atoms with Gasteiger partial charge in [0.2, 0.25) is 0 Å². The van der Waals surface area contributed by atoms with Crippen LogP contribution in [0.5, 0.6) is 0 Å². The number of ether oxygens (including phenoxy) is 1. The number of carbonyl (C=O) groups is 1.